The number of hydrogen-bond acceptors (Lipinski definition) is 2. The van der Waals surface area contributed by atoms with Crippen LogP contribution in [0.4, 0.5) is 4.79 Å². The van der Waals surface area contributed by atoms with Gasteiger partial charge in [0.1, 0.15) is 0 Å². The van der Waals surface area contributed by atoms with Gasteiger partial charge in [0.15, 0.2) is 0 Å². The summed E-state index contributed by atoms with van der Waals surface area (Å²) in [6.07, 6.45) is 0.884. The van der Waals surface area contributed by atoms with Crippen LogP contribution in [0, 0.1) is 0 Å². The van der Waals surface area contributed by atoms with Crippen LogP contribution in [0.2, 0.25) is 0 Å². The van der Waals surface area contributed by atoms with Crippen LogP contribution in [-0.2, 0) is 4.79 Å². The molecule has 0 unspecified atom stereocenters. The highest BCUT2D eigenvalue weighted by atomic mass is 16.2. The summed E-state index contributed by atoms with van der Waals surface area (Å²) in [5.74, 6) is -0.172. The first kappa shape index (κ1) is 11.7. The van der Waals surface area contributed by atoms with Crippen molar-refractivity contribution in [2.75, 3.05) is 19.6 Å². The fourth-order valence-electron chi connectivity index (χ4n) is 0.721. The monoisotopic (exact) mass is 187 g/mol. The molecule has 5 nitrogen and oxygen atoms in total. The third-order valence-corrected chi connectivity index (χ3v) is 1.32. The van der Waals surface area contributed by atoms with Crippen molar-refractivity contribution in [3.63, 3.8) is 0 Å². The lowest BCUT2D eigenvalue weighted by Gasteiger charge is -2.05. The lowest BCUT2D eigenvalue weighted by molar-refractivity contribution is -0.119. The van der Waals surface area contributed by atoms with Crippen LogP contribution in [0.25, 0.3) is 0 Å². The fourth-order valence-corrected chi connectivity index (χ4v) is 0.721. The van der Waals surface area contributed by atoms with E-state index in [9.17, 15) is 9.59 Å². The van der Waals surface area contributed by atoms with Crippen LogP contribution >= 0.6 is 0 Å². The molecule has 76 valence electrons. The number of carbonyl (C=O) groups excluding carboxylic acids is 2. The zero-order valence-corrected chi connectivity index (χ0v) is 8.14. The van der Waals surface area contributed by atoms with E-state index >= 15 is 0 Å². The van der Waals surface area contributed by atoms with Gasteiger partial charge in [-0.1, -0.05) is 6.92 Å². The van der Waals surface area contributed by atoms with Crippen molar-refractivity contribution in [2.45, 2.75) is 20.3 Å². The van der Waals surface area contributed by atoms with Gasteiger partial charge in [-0.05, 0) is 13.3 Å². The highest BCUT2D eigenvalue weighted by Crippen LogP contribution is 1.71. The smallest absolute Gasteiger partial charge is 0.315 e. The zero-order chi connectivity index (χ0) is 10.1. The summed E-state index contributed by atoms with van der Waals surface area (Å²) in [5, 5.41) is 7.62. The first-order valence-electron chi connectivity index (χ1n) is 4.49. The molecule has 0 aromatic rings. The molecule has 0 aliphatic heterocycles. The second kappa shape index (κ2) is 7.39. The van der Waals surface area contributed by atoms with Crippen molar-refractivity contribution in [3.05, 3.63) is 0 Å². The molecule has 0 aromatic carbocycles. The van der Waals surface area contributed by atoms with Crippen molar-refractivity contribution in [1.82, 2.24) is 16.0 Å². The van der Waals surface area contributed by atoms with E-state index in [0.717, 1.165) is 6.42 Å². The van der Waals surface area contributed by atoms with E-state index in [-0.39, 0.29) is 18.5 Å². The van der Waals surface area contributed by atoms with E-state index in [0.29, 0.717) is 13.1 Å². The molecule has 0 saturated heterocycles. The van der Waals surface area contributed by atoms with Crippen molar-refractivity contribution >= 4 is 11.9 Å². The Hall–Kier alpha value is -1.26. The number of hydrogen-bond donors (Lipinski definition) is 3. The Morgan fingerprint density at radius 3 is 2.31 bits per heavy atom. The summed E-state index contributed by atoms with van der Waals surface area (Å²) >= 11 is 0. The second-order valence-electron chi connectivity index (χ2n) is 2.56. The molecule has 0 atom stereocenters. The van der Waals surface area contributed by atoms with Crippen molar-refractivity contribution in [3.8, 4) is 0 Å². The summed E-state index contributed by atoms with van der Waals surface area (Å²) in [7, 11) is 0. The minimum Gasteiger partial charge on any atom is -0.355 e. The van der Waals surface area contributed by atoms with Gasteiger partial charge in [0.25, 0.3) is 0 Å². The van der Waals surface area contributed by atoms with E-state index in [1.165, 1.54) is 0 Å². The second-order valence-corrected chi connectivity index (χ2v) is 2.56. The standard InChI is InChI=1S/C8H17N3O2/c1-3-5-10-8(13)11-6-7(12)9-4-2/h3-6H2,1-2H3,(H,9,12)(H2,10,11,13). The average Bonchev–Trinajstić information content (AvgIpc) is 2.12. The molecule has 0 bridgehead atoms. The van der Waals surface area contributed by atoms with Gasteiger partial charge in [-0.25, -0.2) is 4.79 Å². The molecule has 3 amide bonds. The van der Waals surface area contributed by atoms with Crippen molar-refractivity contribution < 1.29 is 9.59 Å². The van der Waals surface area contributed by atoms with E-state index in [1.54, 1.807) is 0 Å². The van der Waals surface area contributed by atoms with Gasteiger partial charge in [-0.15, -0.1) is 0 Å². The highest BCUT2D eigenvalue weighted by Gasteiger charge is 2.01. The van der Waals surface area contributed by atoms with Crippen LogP contribution in [0.5, 0.6) is 0 Å². The summed E-state index contributed by atoms with van der Waals surface area (Å²) < 4.78 is 0. The minimum absolute atomic E-state index is 0.0311. The maximum absolute atomic E-state index is 10.9. The largest absolute Gasteiger partial charge is 0.355 e. The van der Waals surface area contributed by atoms with Crippen LogP contribution in [0.15, 0.2) is 0 Å². The zero-order valence-electron chi connectivity index (χ0n) is 8.14. The van der Waals surface area contributed by atoms with Crippen molar-refractivity contribution in [2.24, 2.45) is 0 Å². The number of nitrogens with one attached hydrogen (secondary N) is 3. The third-order valence-electron chi connectivity index (χ3n) is 1.32. The van der Waals surface area contributed by atoms with Crippen LogP contribution in [0.3, 0.4) is 0 Å². The summed E-state index contributed by atoms with van der Waals surface area (Å²) in [5.41, 5.74) is 0. The van der Waals surface area contributed by atoms with Gasteiger partial charge in [0.05, 0.1) is 6.54 Å². The quantitative estimate of drug-likeness (QED) is 0.559. The maximum Gasteiger partial charge on any atom is 0.315 e. The maximum atomic E-state index is 10.9. The van der Waals surface area contributed by atoms with Gasteiger partial charge in [0.2, 0.25) is 5.91 Å². The van der Waals surface area contributed by atoms with E-state index in [1.807, 2.05) is 13.8 Å². The molecule has 0 aliphatic rings. The minimum atomic E-state index is -0.298. The molecular weight excluding hydrogens is 170 g/mol. The lowest BCUT2D eigenvalue weighted by atomic mass is 10.5. The van der Waals surface area contributed by atoms with Crippen molar-refractivity contribution in [1.29, 1.82) is 0 Å². The Balaban J connectivity index is 3.40. The Morgan fingerprint density at radius 1 is 1.08 bits per heavy atom. The Bertz CT molecular complexity index is 171. The van der Waals surface area contributed by atoms with E-state index in [4.69, 9.17) is 0 Å². The van der Waals surface area contributed by atoms with Crippen LogP contribution in [-0.4, -0.2) is 31.6 Å². The number of urea groups is 1. The van der Waals surface area contributed by atoms with Gasteiger partial charge in [0, 0.05) is 13.1 Å². The molecule has 13 heavy (non-hydrogen) atoms. The first-order chi connectivity index (χ1) is 6.20. The molecule has 0 aliphatic carbocycles. The van der Waals surface area contributed by atoms with Gasteiger partial charge >= 0.3 is 6.03 Å². The van der Waals surface area contributed by atoms with E-state index < -0.39 is 0 Å². The number of carbonyl (C=O) groups is 2. The lowest BCUT2D eigenvalue weighted by Crippen LogP contribution is -2.42. The topological polar surface area (TPSA) is 70.2 Å². The molecule has 0 rings (SSSR count). The molecule has 0 fully saturated rings. The molecule has 0 radical (unpaired) electrons. The summed E-state index contributed by atoms with van der Waals surface area (Å²) in [6, 6.07) is -0.298. The average molecular weight is 187 g/mol. The van der Waals surface area contributed by atoms with Crippen LogP contribution in [0.1, 0.15) is 20.3 Å². The summed E-state index contributed by atoms with van der Waals surface area (Å²) in [6.45, 7) is 5.03. The molecule has 0 spiro atoms. The van der Waals surface area contributed by atoms with Crippen LogP contribution < -0.4 is 16.0 Å². The first-order valence-corrected chi connectivity index (χ1v) is 4.49. The summed E-state index contributed by atoms with van der Waals surface area (Å²) in [4.78, 5) is 21.8. The molecule has 0 heterocycles. The Labute approximate surface area is 78.3 Å². The van der Waals surface area contributed by atoms with Gasteiger partial charge in [-0.3, -0.25) is 4.79 Å². The highest BCUT2D eigenvalue weighted by molar-refractivity contribution is 5.83. The molecule has 0 saturated carbocycles. The number of rotatable bonds is 5. The Kier molecular flexibility index (Phi) is 6.68. The number of amides is 3. The van der Waals surface area contributed by atoms with E-state index in [2.05, 4.69) is 16.0 Å². The third kappa shape index (κ3) is 7.11. The predicted molar refractivity (Wildman–Crippen MR) is 50.4 cm³/mol. The normalized spacial score (nSPS) is 9.08. The van der Waals surface area contributed by atoms with Gasteiger partial charge in [-0.2, -0.15) is 0 Å². The molecule has 0 aromatic heterocycles. The Morgan fingerprint density at radius 2 is 1.77 bits per heavy atom. The SMILES string of the molecule is CCCNC(=O)NCC(=O)NCC. The predicted octanol–water partition coefficient (Wildman–Crippen LogP) is -0.168. The molecule has 5 heteroatoms. The fraction of sp³-hybridized carbons (Fsp3) is 0.750. The number of likely N-dealkylation sites (N-methyl/N-ethyl adjacent to an activating group) is 1. The molecular formula is C8H17N3O2. The molecule has 3 N–H and O–H groups in total. The van der Waals surface area contributed by atoms with Gasteiger partial charge < -0.3 is 16.0 Å².